The van der Waals surface area contributed by atoms with Crippen molar-refractivity contribution < 1.29 is 9.53 Å². The number of aromatic nitrogens is 3. The smallest absolute Gasteiger partial charge is 0.319 e. The summed E-state index contributed by atoms with van der Waals surface area (Å²) in [5.74, 6) is 1.26. The molecule has 1 aromatic heterocycles. The molecule has 0 spiro atoms. The Hall–Kier alpha value is -1.82. The largest absolute Gasteiger partial charge is 0.465 e. The summed E-state index contributed by atoms with van der Waals surface area (Å²) in [6.07, 6.45) is 2.31. The molecule has 0 N–H and O–H groups in total. The number of esters is 1. The van der Waals surface area contributed by atoms with Crippen LogP contribution >= 0.6 is 11.8 Å². The van der Waals surface area contributed by atoms with Crippen molar-refractivity contribution >= 4 is 17.7 Å². The van der Waals surface area contributed by atoms with Crippen molar-refractivity contribution in [2.24, 2.45) is 0 Å². The van der Waals surface area contributed by atoms with Crippen LogP contribution in [0.1, 0.15) is 38.4 Å². The number of carbonyl (C=O) groups excluding carboxylic acids is 1. The van der Waals surface area contributed by atoms with Crippen LogP contribution in [0.2, 0.25) is 0 Å². The third-order valence-electron chi connectivity index (χ3n) is 3.52. The molecule has 1 fully saturated rings. The first-order valence-electron chi connectivity index (χ1n) is 7.54. The topological polar surface area (TPSA) is 57.0 Å². The van der Waals surface area contributed by atoms with Gasteiger partial charge in [-0.15, -0.1) is 10.2 Å². The molecule has 1 atom stereocenters. The summed E-state index contributed by atoms with van der Waals surface area (Å²) in [6.45, 7) is 4.04. The van der Waals surface area contributed by atoms with Crippen LogP contribution in [0.15, 0.2) is 35.5 Å². The highest BCUT2D eigenvalue weighted by atomic mass is 32.2. The lowest BCUT2D eigenvalue weighted by atomic mass is 10.3. The fourth-order valence-electron chi connectivity index (χ4n) is 2.25. The maximum Gasteiger partial charge on any atom is 0.319 e. The Labute approximate surface area is 134 Å². The van der Waals surface area contributed by atoms with Crippen LogP contribution in [0.4, 0.5) is 0 Å². The summed E-state index contributed by atoms with van der Waals surface area (Å²) in [6, 6.07) is 10.0. The van der Waals surface area contributed by atoms with Crippen molar-refractivity contribution in [2.75, 3.05) is 6.61 Å². The van der Waals surface area contributed by atoms with Crippen molar-refractivity contribution in [2.45, 2.75) is 43.0 Å². The van der Waals surface area contributed by atoms with Crippen LogP contribution in [0.5, 0.6) is 0 Å². The lowest BCUT2D eigenvalue weighted by Crippen LogP contribution is -2.17. The van der Waals surface area contributed by atoms with E-state index < -0.39 is 0 Å². The molecule has 1 aliphatic rings. The summed E-state index contributed by atoms with van der Waals surface area (Å²) < 4.78 is 7.14. The molecular weight excluding hydrogens is 298 g/mol. The Morgan fingerprint density at radius 3 is 2.73 bits per heavy atom. The van der Waals surface area contributed by atoms with E-state index in [0.29, 0.717) is 12.5 Å². The summed E-state index contributed by atoms with van der Waals surface area (Å²) in [7, 11) is 0. The van der Waals surface area contributed by atoms with Gasteiger partial charge in [-0.25, -0.2) is 0 Å². The van der Waals surface area contributed by atoms with Gasteiger partial charge in [-0.2, -0.15) is 0 Å². The fourth-order valence-corrected chi connectivity index (χ4v) is 3.12. The Kier molecular flexibility index (Phi) is 4.47. The minimum absolute atomic E-state index is 0.219. The maximum absolute atomic E-state index is 11.8. The number of ether oxygens (including phenoxy) is 1. The average molecular weight is 317 g/mol. The van der Waals surface area contributed by atoms with Gasteiger partial charge in [-0.1, -0.05) is 30.0 Å². The number of carbonyl (C=O) groups is 1. The predicted octanol–water partition coefficient (Wildman–Crippen LogP) is 3.19. The average Bonchev–Trinajstić information content (AvgIpc) is 3.29. The number of benzene rings is 1. The van der Waals surface area contributed by atoms with E-state index in [-0.39, 0.29) is 11.2 Å². The van der Waals surface area contributed by atoms with E-state index >= 15 is 0 Å². The Morgan fingerprint density at radius 2 is 2.09 bits per heavy atom. The molecule has 0 saturated heterocycles. The first kappa shape index (κ1) is 15.1. The molecule has 0 amide bonds. The molecule has 1 saturated carbocycles. The first-order valence-corrected chi connectivity index (χ1v) is 8.42. The van der Waals surface area contributed by atoms with Gasteiger partial charge in [0.25, 0.3) is 0 Å². The third-order valence-corrected chi connectivity index (χ3v) is 4.54. The molecular formula is C16H19N3O2S. The number of para-hydroxylation sites is 1. The molecule has 0 bridgehead atoms. The number of hydrogen-bond acceptors (Lipinski definition) is 5. The molecule has 2 aromatic rings. The summed E-state index contributed by atoms with van der Waals surface area (Å²) in [5.41, 5.74) is 1.04. The zero-order valence-electron chi connectivity index (χ0n) is 12.7. The molecule has 5 nitrogen and oxygen atoms in total. The van der Waals surface area contributed by atoms with Gasteiger partial charge < -0.3 is 4.74 Å². The molecule has 116 valence electrons. The molecule has 6 heteroatoms. The minimum Gasteiger partial charge on any atom is -0.465 e. The van der Waals surface area contributed by atoms with Crippen molar-refractivity contribution in [1.29, 1.82) is 0 Å². The van der Waals surface area contributed by atoms with Gasteiger partial charge in [0, 0.05) is 11.6 Å². The van der Waals surface area contributed by atoms with Crippen LogP contribution in [-0.4, -0.2) is 32.6 Å². The predicted molar refractivity (Wildman–Crippen MR) is 85.3 cm³/mol. The van der Waals surface area contributed by atoms with E-state index in [0.717, 1.165) is 29.5 Å². The molecule has 1 aliphatic carbocycles. The maximum atomic E-state index is 11.8. The molecule has 0 aliphatic heterocycles. The van der Waals surface area contributed by atoms with Gasteiger partial charge in [0.1, 0.15) is 11.1 Å². The highest BCUT2D eigenvalue weighted by molar-refractivity contribution is 8.00. The highest BCUT2D eigenvalue weighted by Gasteiger charge is 2.31. The first-order chi connectivity index (χ1) is 10.7. The summed E-state index contributed by atoms with van der Waals surface area (Å²) in [4.78, 5) is 11.8. The lowest BCUT2D eigenvalue weighted by molar-refractivity contribution is -0.142. The Bertz CT molecular complexity index is 653. The van der Waals surface area contributed by atoms with E-state index in [2.05, 4.69) is 14.8 Å². The van der Waals surface area contributed by atoms with Crippen LogP contribution in [0, 0.1) is 0 Å². The van der Waals surface area contributed by atoms with Gasteiger partial charge in [-0.3, -0.25) is 9.36 Å². The van der Waals surface area contributed by atoms with E-state index in [9.17, 15) is 4.79 Å². The molecule has 22 heavy (non-hydrogen) atoms. The van der Waals surface area contributed by atoms with Crippen molar-refractivity contribution in [3.8, 4) is 5.69 Å². The normalized spacial score (nSPS) is 15.5. The van der Waals surface area contributed by atoms with Crippen LogP contribution in [-0.2, 0) is 9.53 Å². The molecule has 1 heterocycles. The van der Waals surface area contributed by atoms with E-state index in [1.54, 1.807) is 0 Å². The molecule has 1 aromatic carbocycles. The van der Waals surface area contributed by atoms with Crippen LogP contribution < -0.4 is 0 Å². The monoisotopic (exact) mass is 317 g/mol. The van der Waals surface area contributed by atoms with Gasteiger partial charge in [0.2, 0.25) is 0 Å². The second-order valence-electron chi connectivity index (χ2n) is 5.30. The van der Waals surface area contributed by atoms with Gasteiger partial charge in [0.05, 0.1) is 6.61 Å². The van der Waals surface area contributed by atoms with Crippen molar-refractivity contribution in [3.63, 3.8) is 0 Å². The highest BCUT2D eigenvalue weighted by Crippen LogP contribution is 2.41. The zero-order valence-corrected chi connectivity index (χ0v) is 13.5. The number of nitrogens with zero attached hydrogens (tertiary/aromatic N) is 3. The molecule has 1 unspecified atom stereocenters. The Balaban J connectivity index is 1.90. The Morgan fingerprint density at radius 1 is 1.36 bits per heavy atom. The van der Waals surface area contributed by atoms with E-state index in [1.165, 1.54) is 11.8 Å². The zero-order chi connectivity index (χ0) is 15.5. The number of hydrogen-bond donors (Lipinski definition) is 0. The minimum atomic E-state index is -0.307. The van der Waals surface area contributed by atoms with Gasteiger partial charge in [-0.05, 0) is 38.8 Å². The van der Waals surface area contributed by atoms with Gasteiger partial charge >= 0.3 is 5.97 Å². The SMILES string of the molecule is CCOC(=O)C(C)Sc1nnc(C2CC2)n1-c1ccccc1. The summed E-state index contributed by atoms with van der Waals surface area (Å²) in [5, 5.41) is 9.09. The number of rotatable bonds is 6. The van der Waals surface area contributed by atoms with E-state index in [4.69, 9.17) is 4.74 Å². The second kappa shape index (κ2) is 6.52. The van der Waals surface area contributed by atoms with E-state index in [1.807, 2.05) is 44.2 Å². The molecule has 3 rings (SSSR count). The van der Waals surface area contributed by atoms with Crippen molar-refractivity contribution in [3.05, 3.63) is 36.2 Å². The third kappa shape index (κ3) is 3.16. The lowest BCUT2D eigenvalue weighted by Gasteiger charge is -2.12. The second-order valence-corrected chi connectivity index (χ2v) is 6.61. The fraction of sp³-hybridized carbons (Fsp3) is 0.438. The van der Waals surface area contributed by atoms with Crippen molar-refractivity contribution in [1.82, 2.24) is 14.8 Å². The standard InChI is InChI=1S/C16H19N3O2S/c1-3-21-15(20)11(2)22-16-18-17-14(12-9-10-12)19(16)13-7-5-4-6-8-13/h4-8,11-12H,3,9-10H2,1-2H3. The van der Waals surface area contributed by atoms with Crippen LogP contribution in [0.25, 0.3) is 5.69 Å². The van der Waals surface area contributed by atoms with Crippen LogP contribution in [0.3, 0.4) is 0 Å². The quantitative estimate of drug-likeness (QED) is 0.605. The van der Waals surface area contributed by atoms with Gasteiger partial charge in [0.15, 0.2) is 5.16 Å². The number of thioether (sulfide) groups is 1. The molecule has 0 radical (unpaired) electrons. The summed E-state index contributed by atoms with van der Waals surface area (Å²) >= 11 is 1.39.